The van der Waals surface area contributed by atoms with Gasteiger partial charge in [0, 0.05) is 63.3 Å². The Bertz CT molecular complexity index is 2180. The summed E-state index contributed by atoms with van der Waals surface area (Å²) in [7, 11) is 0. The van der Waals surface area contributed by atoms with Gasteiger partial charge in [0.2, 0.25) is 11.8 Å². The smallest absolute Gasteiger partial charge is 0.269 e. The van der Waals surface area contributed by atoms with Gasteiger partial charge in [0.25, 0.3) is 17.7 Å². The summed E-state index contributed by atoms with van der Waals surface area (Å²) < 4.78 is 21.6. The number of halogens is 2. The number of rotatable bonds is 10. The summed E-state index contributed by atoms with van der Waals surface area (Å²) in [5, 5.41) is 31.4. The molecule has 1 aliphatic carbocycles. The quantitative estimate of drug-likeness (QED) is 0.155. The maximum absolute atomic E-state index is 15.6. The number of nitrogens with zero attached hydrogens (tertiary/aromatic N) is 5. The van der Waals surface area contributed by atoms with E-state index in [1.54, 1.807) is 18.2 Å². The van der Waals surface area contributed by atoms with Gasteiger partial charge in [0.15, 0.2) is 0 Å². The lowest BCUT2D eigenvalue weighted by Gasteiger charge is -2.58. The maximum Gasteiger partial charge on any atom is 0.269 e. The molecule has 2 aromatic carbocycles. The Labute approximate surface area is 345 Å². The predicted molar refractivity (Wildman–Crippen MR) is 214 cm³/mol. The van der Waals surface area contributed by atoms with E-state index in [1.165, 1.54) is 18.2 Å². The molecule has 4 N–H and O–H groups in total. The third kappa shape index (κ3) is 8.18. The van der Waals surface area contributed by atoms with E-state index in [0.717, 1.165) is 62.7 Å². The fourth-order valence-electron chi connectivity index (χ4n) is 9.42. The molecule has 17 heteroatoms. The van der Waals surface area contributed by atoms with Crippen molar-refractivity contribution in [2.45, 2.75) is 88.1 Å². The fourth-order valence-corrected chi connectivity index (χ4v) is 9.63. The van der Waals surface area contributed by atoms with E-state index in [2.05, 4.69) is 15.5 Å². The third-order valence-electron chi connectivity index (χ3n) is 12.6. The number of anilines is 1. The largest absolute Gasteiger partial charge is 0.490 e. The van der Waals surface area contributed by atoms with Gasteiger partial charge in [-0.3, -0.25) is 49.9 Å². The van der Waals surface area contributed by atoms with Crippen LogP contribution in [0.4, 0.5) is 10.1 Å². The Morgan fingerprint density at radius 2 is 1.66 bits per heavy atom. The minimum absolute atomic E-state index is 0.00711. The highest BCUT2D eigenvalue weighted by molar-refractivity contribution is 6.42. The summed E-state index contributed by atoms with van der Waals surface area (Å²) in [6.07, 6.45) is 8.40. The van der Waals surface area contributed by atoms with Gasteiger partial charge < -0.3 is 19.9 Å². The summed E-state index contributed by atoms with van der Waals surface area (Å²) >= 11 is 6.12. The van der Waals surface area contributed by atoms with Crippen LogP contribution in [0.3, 0.4) is 0 Å². The van der Waals surface area contributed by atoms with Crippen molar-refractivity contribution < 1.29 is 33.1 Å². The molecular weight excluding hydrogens is 781 g/mol. The van der Waals surface area contributed by atoms with Gasteiger partial charge in [0.05, 0.1) is 33.5 Å². The number of imide groups is 2. The van der Waals surface area contributed by atoms with Crippen molar-refractivity contribution in [2.75, 3.05) is 37.6 Å². The first-order valence-electron chi connectivity index (χ1n) is 20.2. The third-order valence-corrected chi connectivity index (χ3v) is 12.9. The summed E-state index contributed by atoms with van der Waals surface area (Å²) in [5.74, 6) is -2.35. The second-order valence-electron chi connectivity index (χ2n) is 16.3. The molecule has 6 heterocycles. The number of amidine groups is 1. The monoisotopic (exact) mass is 825 g/mol. The lowest BCUT2D eigenvalue weighted by atomic mass is 9.85. The SMILES string of the molecule is N#Cc1ccc(OC2CCC(NC(=O)C(=N)/C=C\C(=N)N3CCC(CN4CC5CC(C4)N5c4cc5c(cc4F)C(=O)N(C4CCC(=O)NC4=O)C5=O)CC3)CC2)cc1Cl. The molecule has 6 aliphatic heterocycles. The van der Waals surface area contributed by atoms with Crippen molar-refractivity contribution in [3.8, 4) is 11.8 Å². The molecule has 9 rings (SSSR count). The molecule has 2 bridgehead atoms. The van der Waals surface area contributed by atoms with E-state index in [4.69, 9.17) is 32.4 Å². The van der Waals surface area contributed by atoms with Crippen molar-refractivity contribution >= 4 is 58.4 Å². The van der Waals surface area contributed by atoms with E-state index >= 15 is 4.39 Å². The number of nitrogens with one attached hydrogen (secondary N) is 4. The Balaban J connectivity index is 0.759. The Morgan fingerprint density at radius 3 is 2.32 bits per heavy atom. The second-order valence-corrected chi connectivity index (χ2v) is 16.8. The number of fused-ring (bicyclic) bond motifs is 3. The molecule has 0 radical (unpaired) electrons. The van der Waals surface area contributed by atoms with Crippen LogP contribution < -0.4 is 20.3 Å². The summed E-state index contributed by atoms with van der Waals surface area (Å²) in [6, 6.07) is 8.47. The Hall–Kier alpha value is -5.66. The topological polar surface area (TPSA) is 203 Å². The van der Waals surface area contributed by atoms with Gasteiger partial charge in [-0.2, -0.15) is 5.26 Å². The van der Waals surface area contributed by atoms with Gasteiger partial charge in [-0.1, -0.05) is 11.6 Å². The standard InChI is InChI=1S/C42H45ClFN9O6/c43-32-16-29(4-1-24(32)19-45)59-28-5-2-25(3-6-28)48-39(55)34(46)7-9-37(47)51-13-11-23(12-14-51)20-50-21-26-15-27(22-50)52(26)36-18-31-30(17-33(36)44)41(57)53(42(31)58)35-8-10-38(54)49-40(35)56/h1,4,7,9,16-18,23,25-28,35,46-47H,2-3,5-6,8,10-15,20-22H2,(H,48,55)(H,49,54,56)/b9-7-,46-34?,47-37?. The average molecular weight is 826 g/mol. The lowest BCUT2D eigenvalue weighted by Crippen LogP contribution is -2.69. The van der Waals surface area contributed by atoms with Crippen LogP contribution in [0.15, 0.2) is 42.5 Å². The van der Waals surface area contributed by atoms with Gasteiger partial charge in [-0.25, -0.2) is 4.39 Å². The number of ether oxygens (including phenoxy) is 1. The van der Waals surface area contributed by atoms with E-state index in [0.29, 0.717) is 48.2 Å². The zero-order valence-electron chi connectivity index (χ0n) is 32.3. The molecule has 59 heavy (non-hydrogen) atoms. The van der Waals surface area contributed by atoms with Crippen molar-refractivity contribution in [1.82, 2.24) is 25.3 Å². The molecule has 7 aliphatic rings. The number of hydrogen-bond donors (Lipinski definition) is 4. The minimum atomic E-state index is -1.11. The van der Waals surface area contributed by atoms with Crippen LogP contribution in [-0.2, 0) is 14.4 Å². The highest BCUT2D eigenvalue weighted by Gasteiger charge is 2.49. The molecule has 5 amide bonds. The van der Waals surface area contributed by atoms with Crippen LogP contribution in [0.5, 0.6) is 5.75 Å². The molecular formula is C42H45ClFN9O6. The Kier molecular flexibility index (Phi) is 11.2. The van der Waals surface area contributed by atoms with Crippen molar-refractivity contribution in [1.29, 1.82) is 16.1 Å². The van der Waals surface area contributed by atoms with Crippen molar-refractivity contribution in [3.63, 3.8) is 0 Å². The van der Waals surface area contributed by atoms with Crippen LogP contribution in [0, 0.1) is 33.9 Å². The molecule has 3 unspecified atom stereocenters. The van der Waals surface area contributed by atoms with Crippen LogP contribution in [0.25, 0.3) is 0 Å². The van der Waals surface area contributed by atoms with Gasteiger partial charge >= 0.3 is 0 Å². The zero-order chi connectivity index (χ0) is 41.5. The average Bonchev–Trinajstić information content (AvgIpc) is 3.45. The molecule has 2 aromatic rings. The summed E-state index contributed by atoms with van der Waals surface area (Å²) in [5.41, 5.74) is 0.459. The molecule has 1 saturated carbocycles. The number of likely N-dealkylation sites (tertiary alicyclic amines) is 1. The van der Waals surface area contributed by atoms with E-state index in [1.807, 2.05) is 15.9 Å². The van der Waals surface area contributed by atoms with E-state index in [9.17, 15) is 24.0 Å². The van der Waals surface area contributed by atoms with Crippen LogP contribution in [0.1, 0.15) is 84.1 Å². The van der Waals surface area contributed by atoms with Gasteiger partial charge in [-0.15, -0.1) is 0 Å². The number of hydrogen-bond acceptors (Lipinski definition) is 11. The van der Waals surface area contributed by atoms with Gasteiger partial charge in [0.1, 0.15) is 35.2 Å². The highest BCUT2D eigenvalue weighted by atomic mass is 35.5. The number of amides is 5. The number of carbonyl (C=O) groups excluding carboxylic acids is 5. The fraction of sp³-hybridized carbons (Fsp3) is 0.476. The number of nitriles is 1. The molecule has 0 aromatic heterocycles. The normalized spacial score (nSPS) is 26.0. The number of piperazine rings is 1. The lowest BCUT2D eigenvalue weighted by molar-refractivity contribution is -0.136. The zero-order valence-corrected chi connectivity index (χ0v) is 33.1. The van der Waals surface area contributed by atoms with Crippen molar-refractivity contribution in [2.24, 2.45) is 5.92 Å². The summed E-state index contributed by atoms with van der Waals surface area (Å²) in [6.45, 7) is 3.70. The molecule has 308 valence electrons. The second kappa shape index (κ2) is 16.5. The molecule has 0 spiro atoms. The van der Waals surface area contributed by atoms with E-state index < -0.39 is 41.4 Å². The first kappa shape index (κ1) is 40.1. The number of piperidine rings is 3. The van der Waals surface area contributed by atoms with Crippen LogP contribution in [-0.4, -0.2) is 119 Å². The first-order chi connectivity index (χ1) is 28.4. The van der Waals surface area contributed by atoms with E-state index in [-0.39, 0.29) is 65.4 Å². The first-order valence-corrected chi connectivity index (χ1v) is 20.6. The molecule has 3 atom stereocenters. The summed E-state index contributed by atoms with van der Waals surface area (Å²) in [4.78, 5) is 70.6. The number of benzene rings is 2. The minimum Gasteiger partial charge on any atom is -0.490 e. The molecule has 6 fully saturated rings. The van der Waals surface area contributed by atoms with Crippen LogP contribution in [0.2, 0.25) is 5.02 Å². The molecule has 15 nitrogen and oxygen atoms in total. The van der Waals surface area contributed by atoms with Crippen molar-refractivity contribution in [3.05, 3.63) is 70.0 Å². The Morgan fingerprint density at radius 1 is 0.966 bits per heavy atom. The van der Waals surface area contributed by atoms with Crippen LogP contribution >= 0.6 is 11.6 Å². The predicted octanol–water partition coefficient (Wildman–Crippen LogP) is 3.79. The number of carbonyl (C=O) groups is 5. The highest BCUT2D eigenvalue weighted by Crippen LogP contribution is 2.41. The maximum atomic E-state index is 15.6. The van der Waals surface area contributed by atoms with Gasteiger partial charge in [-0.05, 0) is 93.7 Å². The molecule has 5 saturated heterocycles.